The van der Waals surface area contributed by atoms with E-state index in [2.05, 4.69) is 48.5 Å². The number of quaternary nitrogens is 1. The summed E-state index contributed by atoms with van der Waals surface area (Å²) >= 11 is 0. The van der Waals surface area contributed by atoms with E-state index in [1.54, 1.807) is 27.9 Å². The largest absolute Gasteiger partial charge is 0.348 e. The number of amides is 1. The zero-order valence-electron chi connectivity index (χ0n) is 17.1. The third-order valence-corrected chi connectivity index (χ3v) is 4.99. The van der Waals surface area contributed by atoms with Crippen molar-refractivity contribution in [3.63, 3.8) is 0 Å². The van der Waals surface area contributed by atoms with Gasteiger partial charge in [0.05, 0.1) is 25.0 Å². The minimum Gasteiger partial charge on any atom is -0.348 e. The van der Waals surface area contributed by atoms with Gasteiger partial charge < -0.3 is 10.2 Å². The first-order chi connectivity index (χ1) is 14.2. The highest BCUT2D eigenvalue weighted by molar-refractivity contribution is 5.91. The maximum atomic E-state index is 12.1. The highest BCUT2D eigenvalue weighted by Gasteiger charge is 2.05. The quantitative estimate of drug-likeness (QED) is 0.553. The first-order valence-electron chi connectivity index (χ1n) is 10.1. The van der Waals surface area contributed by atoms with E-state index in [-0.39, 0.29) is 5.91 Å². The van der Waals surface area contributed by atoms with Crippen molar-refractivity contribution >= 4 is 12.0 Å². The summed E-state index contributed by atoms with van der Waals surface area (Å²) in [5.74, 6) is -0.117. The van der Waals surface area contributed by atoms with Crippen LogP contribution in [0.2, 0.25) is 0 Å². The average Bonchev–Trinajstić information content (AvgIpc) is 3.25. The molecule has 0 bridgehead atoms. The zero-order valence-corrected chi connectivity index (χ0v) is 17.1. The Balaban J connectivity index is 1.49. The summed E-state index contributed by atoms with van der Waals surface area (Å²) in [7, 11) is 0. The van der Waals surface area contributed by atoms with Gasteiger partial charge in [0, 0.05) is 29.9 Å². The molecular weight excluding hydrogens is 360 g/mol. The Bertz CT molecular complexity index is 925. The molecule has 2 N–H and O–H groups in total. The molecule has 1 amide bonds. The molecule has 5 nitrogen and oxygen atoms in total. The van der Waals surface area contributed by atoms with Crippen LogP contribution in [0.1, 0.15) is 30.5 Å². The Morgan fingerprint density at radius 1 is 1.03 bits per heavy atom. The lowest BCUT2D eigenvalue weighted by Crippen LogP contribution is -3.10. The van der Waals surface area contributed by atoms with Crippen LogP contribution in [0.4, 0.5) is 0 Å². The molecule has 0 saturated heterocycles. The molecule has 3 rings (SSSR count). The third-order valence-electron chi connectivity index (χ3n) is 4.99. The molecule has 0 aliphatic heterocycles. The molecule has 0 atom stereocenters. The summed E-state index contributed by atoms with van der Waals surface area (Å²) < 4.78 is 1.79. The fourth-order valence-corrected chi connectivity index (χ4v) is 3.13. The highest BCUT2D eigenvalue weighted by Crippen LogP contribution is 2.09. The molecule has 1 aromatic heterocycles. The molecule has 1 heterocycles. The van der Waals surface area contributed by atoms with Crippen molar-refractivity contribution in [3.05, 3.63) is 89.8 Å². The first kappa shape index (κ1) is 20.6. The maximum Gasteiger partial charge on any atom is 0.244 e. The van der Waals surface area contributed by atoms with E-state index in [1.807, 2.05) is 36.5 Å². The molecule has 2 aromatic carbocycles. The van der Waals surface area contributed by atoms with E-state index in [4.69, 9.17) is 0 Å². The standard InChI is InChI=1S/C24H28N4O/c1-3-27(4-2)18-21-12-10-20(11-13-21)16-25-24(29)15-14-22-17-26-28(19-22)23-8-6-5-7-9-23/h5-15,17,19H,3-4,16,18H2,1-2H3,(H,25,29)/p+1/b15-14+. The minimum atomic E-state index is -0.117. The lowest BCUT2D eigenvalue weighted by atomic mass is 10.1. The second kappa shape index (κ2) is 10.4. The summed E-state index contributed by atoms with van der Waals surface area (Å²) in [4.78, 5) is 13.7. The van der Waals surface area contributed by atoms with Crippen molar-refractivity contribution < 1.29 is 9.69 Å². The van der Waals surface area contributed by atoms with Gasteiger partial charge in [0.25, 0.3) is 0 Å². The number of carbonyl (C=O) groups is 1. The lowest BCUT2D eigenvalue weighted by Gasteiger charge is -2.15. The van der Waals surface area contributed by atoms with Gasteiger partial charge in [0.2, 0.25) is 5.91 Å². The predicted octanol–water partition coefficient (Wildman–Crippen LogP) is 2.63. The van der Waals surface area contributed by atoms with Crippen molar-refractivity contribution in [2.24, 2.45) is 0 Å². The van der Waals surface area contributed by atoms with Crippen LogP contribution in [0, 0.1) is 0 Å². The summed E-state index contributed by atoms with van der Waals surface area (Å²) in [6, 6.07) is 18.4. The molecule has 5 heteroatoms. The van der Waals surface area contributed by atoms with Gasteiger partial charge in [0.1, 0.15) is 6.54 Å². The SMILES string of the molecule is CC[NH+](CC)Cc1ccc(CNC(=O)/C=C/c2cnn(-c3ccccc3)c2)cc1. The second-order valence-corrected chi connectivity index (χ2v) is 7.06. The molecule has 0 aliphatic rings. The molecule has 0 fully saturated rings. The van der Waals surface area contributed by atoms with Crippen LogP contribution in [0.3, 0.4) is 0 Å². The highest BCUT2D eigenvalue weighted by atomic mass is 16.1. The van der Waals surface area contributed by atoms with Crippen LogP contribution in [0.5, 0.6) is 0 Å². The van der Waals surface area contributed by atoms with Crippen molar-refractivity contribution in [1.29, 1.82) is 0 Å². The average molecular weight is 390 g/mol. The van der Waals surface area contributed by atoms with Gasteiger partial charge >= 0.3 is 0 Å². The Hall–Kier alpha value is -3.18. The number of benzene rings is 2. The molecule has 0 saturated carbocycles. The molecule has 29 heavy (non-hydrogen) atoms. The molecular formula is C24H29N4O+. The minimum absolute atomic E-state index is 0.117. The smallest absolute Gasteiger partial charge is 0.244 e. The van der Waals surface area contributed by atoms with Crippen molar-refractivity contribution in [2.45, 2.75) is 26.9 Å². The van der Waals surface area contributed by atoms with Crippen LogP contribution < -0.4 is 10.2 Å². The van der Waals surface area contributed by atoms with Gasteiger partial charge in [-0.05, 0) is 37.6 Å². The van der Waals surface area contributed by atoms with Gasteiger partial charge in [-0.15, -0.1) is 0 Å². The molecule has 0 unspecified atom stereocenters. The predicted molar refractivity (Wildman–Crippen MR) is 117 cm³/mol. The Labute approximate surface area is 172 Å². The molecule has 0 radical (unpaired) electrons. The Kier molecular flexibility index (Phi) is 7.36. The number of para-hydroxylation sites is 1. The van der Waals surface area contributed by atoms with Crippen LogP contribution in [-0.4, -0.2) is 28.8 Å². The van der Waals surface area contributed by atoms with E-state index in [1.165, 1.54) is 5.56 Å². The van der Waals surface area contributed by atoms with Gasteiger partial charge in [-0.2, -0.15) is 5.10 Å². The maximum absolute atomic E-state index is 12.1. The molecule has 0 aliphatic carbocycles. The number of nitrogens with zero attached hydrogens (tertiary/aromatic N) is 2. The lowest BCUT2D eigenvalue weighted by molar-refractivity contribution is -0.910. The Morgan fingerprint density at radius 2 is 1.72 bits per heavy atom. The zero-order chi connectivity index (χ0) is 20.5. The number of hydrogen-bond donors (Lipinski definition) is 2. The normalized spacial score (nSPS) is 11.3. The number of hydrogen-bond acceptors (Lipinski definition) is 2. The van der Waals surface area contributed by atoms with E-state index < -0.39 is 0 Å². The second-order valence-electron chi connectivity index (χ2n) is 7.06. The van der Waals surface area contributed by atoms with E-state index >= 15 is 0 Å². The van der Waals surface area contributed by atoms with Gasteiger partial charge in [-0.3, -0.25) is 4.79 Å². The van der Waals surface area contributed by atoms with E-state index in [9.17, 15) is 4.79 Å². The molecule has 0 spiro atoms. The van der Waals surface area contributed by atoms with Gasteiger partial charge in [-0.25, -0.2) is 4.68 Å². The number of nitrogens with one attached hydrogen (secondary N) is 2. The third kappa shape index (κ3) is 6.16. The van der Waals surface area contributed by atoms with Crippen molar-refractivity contribution in [2.75, 3.05) is 13.1 Å². The number of rotatable bonds is 9. The van der Waals surface area contributed by atoms with Crippen LogP contribution in [0.25, 0.3) is 11.8 Å². The summed E-state index contributed by atoms with van der Waals surface area (Å²) in [5.41, 5.74) is 4.30. The fraction of sp³-hybridized carbons (Fsp3) is 0.250. The van der Waals surface area contributed by atoms with E-state index in [0.717, 1.165) is 36.4 Å². The van der Waals surface area contributed by atoms with Crippen LogP contribution in [0.15, 0.2) is 73.1 Å². The summed E-state index contributed by atoms with van der Waals surface area (Å²) in [5, 5.41) is 7.26. The summed E-state index contributed by atoms with van der Waals surface area (Å²) in [6.45, 7) is 8.24. The fourth-order valence-electron chi connectivity index (χ4n) is 3.13. The number of carbonyl (C=O) groups excluding carboxylic acids is 1. The summed E-state index contributed by atoms with van der Waals surface area (Å²) in [6.07, 6.45) is 6.96. The van der Waals surface area contributed by atoms with Crippen LogP contribution in [-0.2, 0) is 17.9 Å². The Morgan fingerprint density at radius 3 is 2.41 bits per heavy atom. The first-order valence-corrected chi connectivity index (χ1v) is 10.1. The van der Waals surface area contributed by atoms with E-state index in [0.29, 0.717) is 6.54 Å². The monoisotopic (exact) mass is 389 g/mol. The topological polar surface area (TPSA) is 51.4 Å². The van der Waals surface area contributed by atoms with Crippen molar-refractivity contribution in [3.8, 4) is 5.69 Å². The van der Waals surface area contributed by atoms with Gasteiger partial charge in [-0.1, -0.05) is 42.5 Å². The number of aromatic nitrogens is 2. The van der Waals surface area contributed by atoms with Gasteiger partial charge in [0.15, 0.2) is 0 Å². The van der Waals surface area contributed by atoms with Crippen LogP contribution >= 0.6 is 0 Å². The molecule has 150 valence electrons. The van der Waals surface area contributed by atoms with Crippen molar-refractivity contribution in [1.82, 2.24) is 15.1 Å². The molecule has 3 aromatic rings.